The number of rotatable bonds is 2. The molecular formula is C13H10F3N5. The van der Waals surface area contributed by atoms with Gasteiger partial charge in [0.1, 0.15) is 0 Å². The molecule has 0 atom stereocenters. The molecule has 108 valence electrons. The minimum Gasteiger partial charge on any atom is -0.368 e. The third kappa shape index (κ3) is 3.20. The molecule has 2 rings (SSSR count). The Balaban J connectivity index is 2.38. The van der Waals surface area contributed by atoms with E-state index >= 15 is 0 Å². The van der Waals surface area contributed by atoms with Gasteiger partial charge in [-0.3, -0.25) is 0 Å². The molecule has 0 radical (unpaired) electrons. The monoisotopic (exact) mass is 293 g/mol. The number of alkyl halides is 3. The Kier molecular flexibility index (Phi) is 3.67. The van der Waals surface area contributed by atoms with Crippen molar-refractivity contribution in [2.45, 2.75) is 13.1 Å². The van der Waals surface area contributed by atoms with Crippen LogP contribution in [0, 0.1) is 18.3 Å². The molecule has 0 unspecified atom stereocenters. The lowest BCUT2D eigenvalue weighted by atomic mass is 10.0. The summed E-state index contributed by atoms with van der Waals surface area (Å²) in [4.78, 5) is 3.91. The van der Waals surface area contributed by atoms with E-state index in [1.54, 1.807) is 13.1 Å². The Morgan fingerprint density at radius 2 is 2.14 bits per heavy atom. The average Bonchev–Trinajstić information content (AvgIpc) is 2.73. The molecule has 0 bridgehead atoms. The molecule has 2 aromatic rings. The number of nitrogens with zero attached hydrogens (tertiary/aromatic N) is 4. The van der Waals surface area contributed by atoms with Gasteiger partial charge in [-0.05, 0) is 24.6 Å². The van der Waals surface area contributed by atoms with Crippen molar-refractivity contribution in [2.24, 2.45) is 5.10 Å². The fraction of sp³-hybridized carbons (Fsp3) is 0.154. The molecule has 21 heavy (non-hydrogen) atoms. The van der Waals surface area contributed by atoms with Crippen molar-refractivity contribution in [3.63, 3.8) is 0 Å². The number of anilines is 1. The molecule has 1 aromatic heterocycles. The van der Waals surface area contributed by atoms with E-state index in [1.165, 1.54) is 23.0 Å². The number of aryl methyl sites for hydroxylation is 1. The molecule has 0 spiro atoms. The Labute approximate surface area is 118 Å². The maximum absolute atomic E-state index is 12.8. The number of nitriles is 1. The number of hydrogen-bond donors (Lipinski definition) is 1. The van der Waals surface area contributed by atoms with Crippen LogP contribution in [-0.4, -0.2) is 15.9 Å². The van der Waals surface area contributed by atoms with Crippen molar-refractivity contribution in [3.05, 3.63) is 46.8 Å². The van der Waals surface area contributed by atoms with Crippen molar-refractivity contribution < 1.29 is 13.2 Å². The van der Waals surface area contributed by atoms with Crippen molar-refractivity contribution in [2.75, 3.05) is 5.73 Å². The molecule has 0 aliphatic rings. The maximum Gasteiger partial charge on any atom is 0.417 e. The van der Waals surface area contributed by atoms with Crippen LogP contribution in [0.5, 0.6) is 0 Å². The van der Waals surface area contributed by atoms with E-state index in [4.69, 9.17) is 11.0 Å². The molecule has 0 aliphatic heterocycles. The predicted octanol–water partition coefficient (Wildman–Crippen LogP) is 2.55. The second-order valence-electron chi connectivity index (χ2n) is 4.24. The summed E-state index contributed by atoms with van der Waals surface area (Å²) in [6, 6.07) is 4.86. The third-order valence-corrected chi connectivity index (χ3v) is 2.64. The van der Waals surface area contributed by atoms with Gasteiger partial charge >= 0.3 is 6.18 Å². The molecule has 5 nitrogen and oxygen atoms in total. The van der Waals surface area contributed by atoms with E-state index in [1.807, 2.05) is 0 Å². The molecule has 0 saturated carbocycles. The van der Waals surface area contributed by atoms with Crippen molar-refractivity contribution in [1.82, 2.24) is 9.66 Å². The summed E-state index contributed by atoms with van der Waals surface area (Å²) in [5.41, 5.74) is 4.98. The summed E-state index contributed by atoms with van der Waals surface area (Å²) >= 11 is 0. The van der Waals surface area contributed by atoms with E-state index in [2.05, 4.69) is 10.1 Å². The molecule has 1 heterocycles. The Hall–Kier alpha value is -2.82. The predicted molar refractivity (Wildman–Crippen MR) is 70.5 cm³/mol. The van der Waals surface area contributed by atoms with Crippen molar-refractivity contribution in [1.29, 1.82) is 5.26 Å². The molecule has 0 aliphatic carbocycles. The molecule has 8 heteroatoms. The van der Waals surface area contributed by atoms with Crippen LogP contribution in [0.1, 0.15) is 22.4 Å². The first-order valence-electron chi connectivity index (χ1n) is 5.78. The van der Waals surface area contributed by atoms with Crippen LogP contribution in [-0.2, 0) is 6.18 Å². The first-order valence-corrected chi connectivity index (χ1v) is 5.78. The van der Waals surface area contributed by atoms with Gasteiger partial charge < -0.3 is 5.73 Å². The average molecular weight is 293 g/mol. The number of nitrogen functional groups attached to an aromatic ring is 1. The van der Waals surface area contributed by atoms with Gasteiger partial charge in [-0.15, -0.1) is 0 Å². The summed E-state index contributed by atoms with van der Waals surface area (Å²) < 4.78 is 39.7. The topological polar surface area (TPSA) is 80.0 Å². The number of benzene rings is 1. The smallest absolute Gasteiger partial charge is 0.368 e. The molecular weight excluding hydrogens is 283 g/mol. The van der Waals surface area contributed by atoms with E-state index in [9.17, 15) is 13.2 Å². The molecule has 0 amide bonds. The van der Waals surface area contributed by atoms with Gasteiger partial charge in [0.2, 0.25) is 5.95 Å². The summed E-state index contributed by atoms with van der Waals surface area (Å²) in [5.74, 6) is 0.133. The van der Waals surface area contributed by atoms with Crippen LogP contribution in [0.4, 0.5) is 19.1 Å². The quantitative estimate of drug-likeness (QED) is 0.864. The summed E-state index contributed by atoms with van der Waals surface area (Å²) in [5, 5.41) is 12.6. The van der Waals surface area contributed by atoms with Crippen LogP contribution in [0.3, 0.4) is 0 Å². The van der Waals surface area contributed by atoms with Gasteiger partial charge in [-0.2, -0.15) is 23.5 Å². The minimum absolute atomic E-state index is 0.133. The van der Waals surface area contributed by atoms with Crippen LogP contribution >= 0.6 is 0 Å². The zero-order valence-electron chi connectivity index (χ0n) is 10.9. The third-order valence-electron chi connectivity index (χ3n) is 2.64. The van der Waals surface area contributed by atoms with Gasteiger partial charge in [-0.25, -0.2) is 9.66 Å². The minimum atomic E-state index is -4.60. The summed E-state index contributed by atoms with van der Waals surface area (Å²) in [6.45, 7) is 1.71. The zero-order chi connectivity index (χ0) is 15.6. The Bertz CT molecular complexity index is 737. The largest absolute Gasteiger partial charge is 0.417 e. The van der Waals surface area contributed by atoms with E-state index < -0.39 is 17.3 Å². The lowest BCUT2D eigenvalue weighted by molar-refractivity contribution is -0.137. The maximum atomic E-state index is 12.8. The first kappa shape index (κ1) is 14.6. The number of aromatic nitrogens is 2. The number of imidazole rings is 1. The lowest BCUT2D eigenvalue weighted by Gasteiger charge is -2.09. The highest BCUT2D eigenvalue weighted by Crippen LogP contribution is 2.32. The van der Waals surface area contributed by atoms with E-state index in [-0.39, 0.29) is 11.5 Å². The molecule has 1 aromatic carbocycles. The van der Waals surface area contributed by atoms with Crippen molar-refractivity contribution in [3.8, 4) is 6.07 Å². The highest BCUT2D eigenvalue weighted by atomic mass is 19.4. The zero-order valence-corrected chi connectivity index (χ0v) is 10.9. The van der Waals surface area contributed by atoms with Gasteiger partial charge in [-0.1, -0.05) is 6.07 Å². The number of halogens is 3. The Morgan fingerprint density at radius 3 is 2.67 bits per heavy atom. The summed E-state index contributed by atoms with van der Waals surface area (Å²) in [6.07, 6.45) is -1.84. The number of nitrogens with two attached hydrogens (primary N) is 1. The standard InChI is InChI=1S/C13H10F3N5/c1-8-7-21(12(18)20-8)19-6-9-2-3-10(5-17)11(4-9)13(14,15)16/h2-4,6-7H,1H3,(H2,18,20). The van der Waals surface area contributed by atoms with E-state index in [0.29, 0.717) is 5.69 Å². The van der Waals surface area contributed by atoms with Gasteiger partial charge in [0, 0.05) is 0 Å². The SMILES string of the molecule is Cc1cn(N=Cc2ccc(C#N)c(C(F)(F)F)c2)c(N)n1. The molecule has 0 fully saturated rings. The first-order chi connectivity index (χ1) is 9.81. The van der Waals surface area contributed by atoms with Crippen LogP contribution < -0.4 is 5.73 Å². The highest BCUT2D eigenvalue weighted by Gasteiger charge is 2.33. The highest BCUT2D eigenvalue weighted by molar-refractivity contribution is 5.80. The fourth-order valence-corrected chi connectivity index (χ4v) is 1.70. The van der Waals surface area contributed by atoms with Gasteiger partial charge in [0.05, 0.1) is 35.3 Å². The molecule has 2 N–H and O–H groups in total. The van der Waals surface area contributed by atoms with Crippen LogP contribution in [0.25, 0.3) is 0 Å². The van der Waals surface area contributed by atoms with Crippen LogP contribution in [0.15, 0.2) is 29.5 Å². The summed E-state index contributed by atoms with van der Waals surface area (Å²) in [7, 11) is 0. The molecule has 0 saturated heterocycles. The normalized spacial score (nSPS) is 11.8. The number of hydrogen-bond acceptors (Lipinski definition) is 4. The van der Waals surface area contributed by atoms with Gasteiger partial charge in [0.15, 0.2) is 0 Å². The van der Waals surface area contributed by atoms with E-state index in [0.717, 1.165) is 12.1 Å². The van der Waals surface area contributed by atoms with Crippen LogP contribution in [0.2, 0.25) is 0 Å². The second-order valence-corrected chi connectivity index (χ2v) is 4.24. The second kappa shape index (κ2) is 5.28. The Morgan fingerprint density at radius 1 is 1.43 bits per heavy atom. The fourth-order valence-electron chi connectivity index (χ4n) is 1.70. The van der Waals surface area contributed by atoms with Gasteiger partial charge in [0.25, 0.3) is 0 Å². The van der Waals surface area contributed by atoms with Crippen molar-refractivity contribution >= 4 is 12.2 Å². The lowest BCUT2D eigenvalue weighted by Crippen LogP contribution is -2.08.